The predicted octanol–water partition coefficient (Wildman–Crippen LogP) is 1.85. The molecule has 3 rings (SSSR count). The molecule has 1 N–H and O–H groups in total. The van der Waals surface area contributed by atoms with Gasteiger partial charge in [0.05, 0.1) is 4.90 Å². The average Bonchev–Trinajstić information content (AvgIpc) is 2.54. The lowest BCUT2D eigenvalue weighted by molar-refractivity contribution is -0.129. The number of carbonyl (C=O) groups excluding carboxylic acids is 1. The summed E-state index contributed by atoms with van der Waals surface area (Å²) in [6, 6.07) is 5.42. The Kier molecular flexibility index (Phi) is 4.73. The second-order valence-electron chi connectivity index (χ2n) is 6.54. The molecule has 2 aliphatic rings. The van der Waals surface area contributed by atoms with Crippen molar-refractivity contribution in [3.05, 3.63) is 29.3 Å². The molecule has 1 fully saturated rings. The molecule has 1 aromatic carbocycles. The summed E-state index contributed by atoms with van der Waals surface area (Å²) < 4.78 is 28.0. The Labute approximate surface area is 138 Å². The van der Waals surface area contributed by atoms with Crippen LogP contribution in [0.2, 0.25) is 0 Å². The first-order chi connectivity index (χ1) is 11.0. The molecule has 1 aliphatic carbocycles. The minimum Gasteiger partial charge on any atom is -0.343 e. The van der Waals surface area contributed by atoms with Gasteiger partial charge >= 0.3 is 0 Å². The van der Waals surface area contributed by atoms with E-state index in [0.29, 0.717) is 30.8 Å². The normalized spacial score (nSPS) is 19.4. The molecule has 0 saturated carbocycles. The molecule has 0 atom stereocenters. The van der Waals surface area contributed by atoms with Gasteiger partial charge in [0.2, 0.25) is 15.9 Å². The van der Waals surface area contributed by atoms with Crippen molar-refractivity contribution in [2.75, 3.05) is 13.1 Å². The number of rotatable bonds is 3. The molecule has 0 aromatic heterocycles. The van der Waals surface area contributed by atoms with E-state index >= 15 is 0 Å². The maximum Gasteiger partial charge on any atom is 0.240 e. The van der Waals surface area contributed by atoms with E-state index in [-0.39, 0.29) is 11.9 Å². The fourth-order valence-electron chi connectivity index (χ4n) is 3.48. The molecular weight excluding hydrogens is 312 g/mol. The molecule has 1 amide bonds. The van der Waals surface area contributed by atoms with E-state index in [9.17, 15) is 13.2 Å². The first-order valence-corrected chi connectivity index (χ1v) is 9.84. The third kappa shape index (κ3) is 3.75. The van der Waals surface area contributed by atoms with Crippen molar-refractivity contribution in [1.82, 2.24) is 9.62 Å². The van der Waals surface area contributed by atoms with E-state index in [0.717, 1.165) is 19.3 Å². The van der Waals surface area contributed by atoms with Gasteiger partial charge in [-0.15, -0.1) is 0 Å². The zero-order chi connectivity index (χ0) is 16.4. The second kappa shape index (κ2) is 6.61. The molecule has 1 aliphatic heterocycles. The van der Waals surface area contributed by atoms with Crippen molar-refractivity contribution in [3.63, 3.8) is 0 Å². The average molecular weight is 336 g/mol. The number of likely N-dealkylation sites (tertiary alicyclic amines) is 1. The molecule has 0 radical (unpaired) electrons. The first kappa shape index (κ1) is 16.5. The number of carbonyl (C=O) groups is 1. The Morgan fingerprint density at radius 2 is 1.78 bits per heavy atom. The quantitative estimate of drug-likeness (QED) is 0.916. The summed E-state index contributed by atoms with van der Waals surface area (Å²) in [5, 5.41) is 0. The third-order valence-electron chi connectivity index (χ3n) is 4.89. The van der Waals surface area contributed by atoms with Crippen LogP contribution in [0.1, 0.15) is 43.7 Å². The molecule has 1 saturated heterocycles. The summed E-state index contributed by atoms with van der Waals surface area (Å²) in [6.07, 6.45) is 5.68. The van der Waals surface area contributed by atoms with Crippen molar-refractivity contribution >= 4 is 15.9 Å². The van der Waals surface area contributed by atoms with E-state index in [1.807, 2.05) is 12.1 Å². The van der Waals surface area contributed by atoms with Gasteiger partial charge in [-0.05, 0) is 61.8 Å². The summed E-state index contributed by atoms with van der Waals surface area (Å²) in [5.74, 6) is 0.0565. The van der Waals surface area contributed by atoms with E-state index < -0.39 is 10.0 Å². The molecule has 1 heterocycles. The molecule has 6 heteroatoms. The van der Waals surface area contributed by atoms with Gasteiger partial charge in [0.1, 0.15) is 0 Å². The van der Waals surface area contributed by atoms with Gasteiger partial charge < -0.3 is 4.90 Å². The van der Waals surface area contributed by atoms with E-state index in [4.69, 9.17) is 0 Å². The summed E-state index contributed by atoms with van der Waals surface area (Å²) in [5.41, 5.74) is 2.45. The fraction of sp³-hybridized carbons (Fsp3) is 0.588. The van der Waals surface area contributed by atoms with Crippen molar-refractivity contribution in [2.45, 2.75) is 56.4 Å². The second-order valence-corrected chi connectivity index (χ2v) is 8.25. The molecular formula is C17H24N2O3S. The van der Waals surface area contributed by atoms with Crippen LogP contribution in [-0.2, 0) is 27.7 Å². The van der Waals surface area contributed by atoms with Gasteiger partial charge in [-0.3, -0.25) is 4.79 Å². The third-order valence-corrected chi connectivity index (χ3v) is 6.41. The summed E-state index contributed by atoms with van der Waals surface area (Å²) in [7, 11) is -3.48. The van der Waals surface area contributed by atoms with Crippen molar-refractivity contribution < 1.29 is 13.2 Å². The Morgan fingerprint density at radius 1 is 1.13 bits per heavy atom. The fourth-order valence-corrected chi connectivity index (χ4v) is 4.83. The van der Waals surface area contributed by atoms with Gasteiger partial charge in [-0.2, -0.15) is 0 Å². The van der Waals surface area contributed by atoms with Crippen molar-refractivity contribution in [3.8, 4) is 0 Å². The van der Waals surface area contributed by atoms with Gasteiger partial charge in [-0.1, -0.05) is 6.07 Å². The Morgan fingerprint density at radius 3 is 2.43 bits per heavy atom. The van der Waals surface area contributed by atoms with Crippen LogP contribution in [0.15, 0.2) is 23.1 Å². The zero-order valence-corrected chi connectivity index (χ0v) is 14.4. The minimum atomic E-state index is -3.48. The predicted molar refractivity (Wildman–Crippen MR) is 88.7 cm³/mol. The number of sulfonamides is 1. The lowest BCUT2D eigenvalue weighted by Gasteiger charge is -2.31. The van der Waals surface area contributed by atoms with Crippen LogP contribution in [0.25, 0.3) is 0 Å². The van der Waals surface area contributed by atoms with Gasteiger partial charge in [0.25, 0.3) is 0 Å². The number of nitrogens with zero attached hydrogens (tertiary/aromatic N) is 1. The van der Waals surface area contributed by atoms with E-state index in [1.165, 1.54) is 17.5 Å². The first-order valence-electron chi connectivity index (χ1n) is 8.35. The number of hydrogen-bond acceptors (Lipinski definition) is 3. The smallest absolute Gasteiger partial charge is 0.240 e. The maximum absolute atomic E-state index is 12.6. The van der Waals surface area contributed by atoms with Crippen LogP contribution in [0.4, 0.5) is 0 Å². The van der Waals surface area contributed by atoms with Gasteiger partial charge in [-0.25, -0.2) is 13.1 Å². The topological polar surface area (TPSA) is 66.5 Å². The van der Waals surface area contributed by atoms with Gasteiger partial charge in [0, 0.05) is 26.1 Å². The standard InChI is InChI=1S/C17H24N2O3S/c1-13(20)19-10-8-16(9-11-19)18-23(21,22)17-7-6-14-4-2-3-5-15(14)12-17/h6-7,12,16,18H,2-5,8-11H2,1H3. The highest BCUT2D eigenvalue weighted by atomic mass is 32.2. The summed E-state index contributed by atoms with van der Waals surface area (Å²) in [4.78, 5) is 13.5. The van der Waals surface area contributed by atoms with Crippen LogP contribution in [0, 0.1) is 0 Å². The minimum absolute atomic E-state index is 0.0565. The molecule has 1 aromatic rings. The van der Waals surface area contributed by atoms with Crippen LogP contribution in [0.5, 0.6) is 0 Å². The number of piperidine rings is 1. The van der Waals surface area contributed by atoms with Gasteiger partial charge in [0.15, 0.2) is 0 Å². The summed E-state index contributed by atoms with van der Waals surface area (Å²) in [6.45, 7) is 2.79. The zero-order valence-electron chi connectivity index (χ0n) is 13.5. The number of hydrogen-bond donors (Lipinski definition) is 1. The van der Waals surface area contributed by atoms with E-state index in [2.05, 4.69) is 4.72 Å². The lowest BCUT2D eigenvalue weighted by atomic mass is 9.92. The number of benzene rings is 1. The Balaban J connectivity index is 1.69. The number of aryl methyl sites for hydroxylation is 2. The number of fused-ring (bicyclic) bond motifs is 1. The largest absolute Gasteiger partial charge is 0.343 e. The Hall–Kier alpha value is -1.40. The van der Waals surface area contributed by atoms with Crippen LogP contribution >= 0.6 is 0 Å². The molecule has 0 bridgehead atoms. The molecule has 23 heavy (non-hydrogen) atoms. The molecule has 5 nitrogen and oxygen atoms in total. The maximum atomic E-state index is 12.6. The highest BCUT2D eigenvalue weighted by Crippen LogP contribution is 2.24. The summed E-state index contributed by atoms with van der Waals surface area (Å²) >= 11 is 0. The van der Waals surface area contributed by atoms with Crippen LogP contribution < -0.4 is 4.72 Å². The lowest BCUT2D eigenvalue weighted by Crippen LogP contribution is -2.45. The molecule has 0 spiro atoms. The van der Waals surface area contributed by atoms with Crippen LogP contribution in [-0.4, -0.2) is 38.4 Å². The number of nitrogens with one attached hydrogen (secondary N) is 1. The SMILES string of the molecule is CC(=O)N1CCC(NS(=O)(=O)c2ccc3c(c2)CCCC3)CC1. The number of amides is 1. The van der Waals surface area contributed by atoms with E-state index in [1.54, 1.807) is 17.9 Å². The monoisotopic (exact) mass is 336 g/mol. The van der Waals surface area contributed by atoms with Crippen molar-refractivity contribution in [1.29, 1.82) is 0 Å². The highest BCUT2D eigenvalue weighted by Gasteiger charge is 2.26. The molecule has 0 unspecified atom stereocenters. The highest BCUT2D eigenvalue weighted by molar-refractivity contribution is 7.89. The van der Waals surface area contributed by atoms with Crippen molar-refractivity contribution in [2.24, 2.45) is 0 Å². The molecule has 126 valence electrons. The Bertz CT molecular complexity index is 692. The van der Waals surface area contributed by atoms with Crippen LogP contribution in [0.3, 0.4) is 0 Å².